The summed E-state index contributed by atoms with van der Waals surface area (Å²) >= 11 is 1.51. The smallest absolute Gasteiger partial charge is 0.141 e. The maximum absolute atomic E-state index is 9.65. The summed E-state index contributed by atoms with van der Waals surface area (Å²) in [6.45, 7) is 0. The Hall–Kier alpha value is -1.62. The highest BCUT2D eigenvalue weighted by Gasteiger charge is 2.08. The molecule has 0 spiro atoms. The molecule has 0 saturated carbocycles. The van der Waals surface area contributed by atoms with Crippen LogP contribution in [0.2, 0.25) is 0 Å². The van der Waals surface area contributed by atoms with E-state index in [0.717, 1.165) is 5.03 Å². The third kappa shape index (κ3) is 1.78. The molecule has 0 unspecified atom stereocenters. The van der Waals surface area contributed by atoms with Gasteiger partial charge in [0.25, 0.3) is 0 Å². The molecular formula is C10H11N3OS. The third-order valence-corrected chi connectivity index (χ3v) is 2.65. The number of para-hydroxylation sites is 2. The lowest BCUT2D eigenvalue weighted by Crippen LogP contribution is -2.01. The van der Waals surface area contributed by atoms with Gasteiger partial charge in [0.1, 0.15) is 22.3 Å². The summed E-state index contributed by atoms with van der Waals surface area (Å²) in [5.74, 6) is 0.681. The molecule has 0 fully saturated rings. The number of hydrogen-bond acceptors (Lipinski definition) is 4. The van der Waals surface area contributed by atoms with Gasteiger partial charge in [0.05, 0.1) is 0 Å². The first-order valence-electron chi connectivity index (χ1n) is 4.40. The fraction of sp³-hybridized carbons (Fsp3) is 0.100. The van der Waals surface area contributed by atoms with Crippen molar-refractivity contribution in [1.29, 1.82) is 0 Å². The van der Waals surface area contributed by atoms with Gasteiger partial charge in [-0.1, -0.05) is 12.1 Å². The molecule has 1 heterocycles. The lowest BCUT2D eigenvalue weighted by molar-refractivity contribution is 0.470. The third-order valence-electron chi connectivity index (χ3n) is 2.03. The van der Waals surface area contributed by atoms with E-state index in [4.69, 9.17) is 5.73 Å². The van der Waals surface area contributed by atoms with Gasteiger partial charge in [-0.15, -0.1) is 11.8 Å². The largest absolute Gasteiger partial charge is 0.506 e. The summed E-state index contributed by atoms with van der Waals surface area (Å²) in [5, 5.41) is 14.7. The highest BCUT2D eigenvalue weighted by Crippen LogP contribution is 2.25. The van der Waals surface area contributed by atoms with Crippen molar-refractivity contribution < 1.29 is 5.11 Å². The normalized spacial score (nSPS) is 10.5. The Morgan fingerprint density at radius 1 is 1.40 bits per heavy atom. The van der Waals surface area contributed by atoms with E-state index in [2.05, 4.69) is 5.10 Å². The van der Waals surface area contributed by atoms with Crippen LogP contribution in [0.1, 0.15) is 0 Å². The number of phenols is 1. The number of anilines is 1. The van der Waals surface area contributed by atoms with E-state index in [0.29, 0.717) is 11.5 Å². The molecule has 0 aliphatic rings. The van der Waals surface area contributed by atoms with Gasteiger partial charge >= 0.3 is 0 Å². The van der Waals surface area contributed by atoms with Crippen molar-refractivity contribution >= 4 is 17.6 Å². The van der Waals surface area contributed by atoms with Crippen LogP contribution in [0.15, 0.2) is 35.4 Å². The Morgan fingerprint density at radius 2 is 2.13 bits per heavy atom. The Morgan fingerprint density at radius 3 is 2.73 bits per heavy atom. The van der Waals surface area contributed by atoms with Crippen LogP contribution >= 0.6 is 11.8 Å². The summed E-state index contributed by atoms with van der Waals surface area (Å²) in [4.78, 5) is 0. The van der Waals surface area contributed by atoms with Crippen molar-refractivity contribution in [2.75, 3.05) is 12.0 Å². The Bertz CT molecular complexity index is 481. The van der Waals surface area contributed by atoms with Gasteiger partial charge in [-0.05, 0) is 18.4 Å². The minimum absolute atomic E-state index is 0.167. The molecule has 1 aromatic carbocycles. The number of benzene rings is 1. The molecule has 1 aromatic heterocycles. The van der Waals surface area contributed by atoms with Gasteiger partial charge in [0.15, 0.2) is 0 Å². The molecule has 0 bridgehead atoms. The van der Waals surface area contributed by atoms with Crippen molar-refractivity contribution in [3.63, 3.8) is 0 Å². The van der Waals surface area contributed by atoms with E-state index in [-0.39, 0.29) is 5.75 Å². The average Bonchev–Trinajstić information content (AvgIpc) is 2.60. The molecule has 78 valence electrons. The number of aromatic nitrogens is 2. The van der Waals surface area contributed by atoms with E-state index in [1.807, 2.05) is 12.3 Å². The van der Waals surface area contributed by atoms with Crippen LogP contribution in [0, 0.1) is 0 Å². The minimum atomic E-state index is 0.167. The van der Waals surface area contributed by atoms with E-state index >= 15 is 0 Å². The zero-order valence-corrected chi connectivity index (χ0v) is 9.03. The van der Waals surface area contributed by atoms with Crippen LogP contribution in [-0.4, -0.2) is 21.1 Å². The second-order valence-corrected chi connectivity index (χ2v) is 3.84. The van der Waals surface area contributed by atoms with Gasteiger partial charge in [-0.25, -0.2) is 4.68 Å². The van der Waals surface area contributed by atoms with Gasteiger partial charge in [0, 0.05) is 6.07 Å². The number of nitrogen functional groups attached to an aromatic ring is 1. The van der Waals surface area contributed by atoms with Crippen LogP contribution in [-0.2, 0) is 0 Å². The first kappa shape index (κ1) is 9.92. The average molecular weight is 221 g/mol. The maximum atomic E-state index is 9.65. The predicted octanol–water partition coefficient (Wildman–Crippen LogP) is 1.88. The molecule has 15 heavy (non-hydrogen) atoms. The lowest BCUT2D eigenvalue weighted by atomic mass is 10.3. The Balaban J connectivity index is 2.54. The molecule has 5 heteroatoms. The molecule has 0 aliphatic heterocycles. The minimum Gasteiger partial charge on any atom is -0.506 e. The van der Waals surface area contributed by atoms with Crippen LogP contribution in [0.25, 0.3) is 5.69 Å². The van der Waals surface area contributed by atoms with Gasteiger partial charge < -0.3 is 10.8 Å². The van der Waals surface area contributed by atoms with Crippen molar-refractivity contribution in [3.05, 3.63) is 30.3 Å². The molecule has 4 nitrogen and oxygen atoms in total. The summed E-state index contributed by atoms with van der Waals surface area (Å²) < 4.78 is 1.53. The number of phenolic OH excluding ortho intramolecular Hbond substituents is 1. The van der Waals surface area contributed by atoms with Crippen molar-refractivity contribution in [2.24, 2.45) is 0 Å². The van der Waals surface area contributed by atoms with Crippen LogP contribution in [0.4, 0.5) is 5.82 Å². The first-order valence-corrected chi connectivity index (χ1v) is 5.62. The molecule has 2 aromatic rings. The summed E-state index contributed by atoms with van der Waals surface area (Å²) in [7, 11) is 0. The van der Waals surface area contributed by atoms with E-state index in [9.17, 15) is 5.11 Å². The molecule has 0 atom stereocenters. The molecule has 2 rings (SSSR count). The molecule has 0 amide bonds. The van der Waals surface area contributed by atoms with Gasteiger partial charge in [-0.2, -0.15) is 5.10 Å². The van der Waals surface area contributed by atoms with Crippen LogP contribution < -0.4 is 5.73 Å². The predicted molar refractivity (Wildman–Crippen MR) is 61.4 cm³/mol. The molecule has 0 radical (unpaired) electrons. The summed E-state index contributed by atoms with van der Waals surface area (Å²) in [6, 6.07) is 8.73. The van der Waals surface area contributed by atoms with E-state index < -0.39 is 0 Å². The summed E-state index contributed by atoms with van der Waals surface area (Å²) in [5.41, 5.74) is 6.39. The zero-order valence-electron chi connectivity index (χ0n) is 8.21. The highest BCUT2D eigenvalue weighted by molar-refractivity contribution is 7.98. The molecule has 0 saturated heterocycles. The number of aromatic hydroxyl groups is 1. The fourth-order valence-corrected chi connectivity index (χ4v) is 1.71. The Kier molecular flexibility index (Phi) is 2.55. The number of thioether (sulfide) groups is 1. The van der Waals surface area contributed by atoms with Gasteiger partial charge in [0.2, 0.25) is 0 Å². The first-order chi connectivity index (χ1) is 7.22. The second kappa shape index (κ2) is 3.86. The topological polar surface area (TPSA) is 64.1 Å². The van der Waals surface area contributed by atoms with Crippen molar-refractivity contribution in [2.45, 2.75) is 5.03 Å². The lowest BCUT2D eigenvalue weighted by Gasteiger charge is -2.05. The molecular weight excluding hydrogens is 210 g/mol. The molecule has 0 aliphatic carbocycles. The number of nitrogens with zero attached hydrogens (tertiary/aromatic N) is 2. The van der Waals surface area contributed by atoms with E-state index in [1.54, 1.807) is 24.3 Å². The quantitative estimate of drug-likeness (QED) is 0.760. The maximum Gasteiger partial charge on any atom is 0.141 e. The molecule has 3 N–H and O–H groups in total. The van der Waals surface area contributed by atoms with Crippen LogP contribution in [0.3, 0.4) is 0 Å². The standard InChI is InChI=1S/C10H11N3OS/c1-15-10-6-9(11)13(12-10)7-4-2-3-5-8(7)14/h2-6,14H,11H2,1H3. The monoisotopic (exact) mass is 221 g/mol. The number of nitrogens with two attached hydrogens (primary N) is 1. The van der Waals surface area contributed by atoms with Gasteiger partial charge in [-0.3, -0.25) is 0 Å². The van der Waals surface area contributed by atoms with E-state index in [1.165, 1.54) is 16.4 Å². The summed E-state index contributed by atoms with van der Waals surface area (Å²) in [6.07, 6.45) is 1.93. The van der Waals surface area contributed by atoms with Crippen molar-refractivity contribution in [1.82, 2.24) is 9.78 Å². The SMILES string of the molecule is CSc1cc(N)n(-c2ccccc2O)n1. The fourth-order valence-electron chi connectivity index (χ4n) is 1.31. The van der Waals surface area contributed by atoms with Crippen LogP contribution in [0.5, 0.6) is 5.75 Å². The Labute approximate surface area is 91.7 Å². The number of hydrogen-bond donors (Lipinski definition) is 2. The highest BCUT2D eigenvalue weighted by atomic mass is 32.2. The van der Waals surface area contributed by atoms with Crippen molar-refractivity contribution in [3.8, 4) is 11.4 Å². The second-order valence-electron chi connectivity index (χ2n) is 3.01. The zero-order chi connectivity index (χ0) is 10.8. The number of rotatable bonds is 2.